The summed E-state index contributed by atoms with van der Waals surface area (Å²) in [5.74, 6) is -0.283. The molecule has 90 valence electrons. The van der Waals surface area contributed by atoms with Crippen molar-refractivity contribution in [2.24, 2.45) is 0 Å². The summed E-state index contributed by atoms with van der Waals surface area (Å²) in [6, 6.07) is 0. The molecule has 0 aromatic carbocycles. The first-order chi connectivity index (χ1) is 8.20. The zero-order valence-corrected chi connectivity index (χ0v) is 9.34. The first-order valence-electron chi connectivity index (χ1n) is 5.27. The van der Waals surface area contributed by atoms with E-state index in [0.29, 0.717) is 17.5 Å². The number of aromatic nitrogens is 4. The van der Waals surface area contributed by atoms with E-state index in [1.54, 1.807) is 0 Å². The largest absolute Gasteiger partial charge is 0.442 e. The van der Waals surface area contributed by atoms with Gasteiger partial charge in [0, 0.05) is 12.6 Å². The number of esters is 1. The molecule has 0 aliphatic heterocycles. The van der Waals surface area contributed by atoms with Gasteiger partial charge in [0.05, 0.1) is 6.33 Å². The molecule has 0 aliphatic carbocycles. The molecule has 0 atom stereocenters. The number of fused-ring (bicyclic) bond motifs is 1. The van der Waals surface area contributed by atoms with Gasteiger partial charge in [-0.25, -0.2) is 9.67 Å². The van der Waals surface area contributed by atoms with Crippen LogP contribution in [0.4, 0.5) is 0 Å². The Kier molecular flexibility index (Phi) is 3.17. The molecule has 0 radical (unpaired) electrons. The summed E-state index contributed by atoms with van der Waals surface area (Å²) in [6.07, 6.45) is 3.90. The molecule has 0 saturated carbocycles. The van der Waals surface area contributed by atoms with Crippen LogP contribution in [0.5, 0.6) is 0 Å². The molecule has 1 N–H and O–H groups in total. The van der Waals surface area contributed by atoms with Crippen molar-refractivity contribution in [2.75, 3.05) is 0 Å². The molecule has 0 spiro atoms. The average molecular weight is 236 g/mol. The molecular weight excluding hydrogens is 224 g/mol. The number of carbonyl (C=O) groups is 1. The van der Waals surface area contributed by atoms with Gasteiger partial charge in [-0.3, -0.25) is 9.59 Å². The maximum atomic E-state index is 11.4. The Morgan fingerprint density at radius 3 is 3.12 bits per heavy atom. The quantitative estimate of drug-likeness (QED) is 0.777. The fourth-order valence-corrected chi connectivity index (χ4v) is 1.38. The second-order valence-corrected chi connectivity index (χ2v) is 3.53. The predicted molar refractivity (Wildman–Crippen MR) is 59.1 cm³/mol. The molecule has 7 heteroatoms. The number of H-pyrrole nitrogens is 1. The lowest BCUT2D eigenvalue weighted by molar-refractivity contribution is -0.147. The Bertz CT molecular complexity index is 586. The van der Waals surface area contributed by atoms with E-state index < -0.39 is 0 Å². The zero-order chi connectivity index (χ0) is 12.3. The Hall–Kier alpha value is -2.18. The third kappa shape index (κ3) is 2.49. The van der Waals surface area contributed by atoms with Crippen LogP contribution in [0.2, 0.25) is 0 Å². The third-order valence-corrected chi connectivity index (χ3v) is 2.18. The summed E-state index contributed by atoms with van der Waals surface area (Å²) in [6.45, 7) is 1.89. The van der Waals surface area contributed by atoms with E-state index in [0.717, 1.165) is 6.42 Å². The van der Waals surface area contributed by atoms with Crippen LogP contribution in [0.3, 0.4) is 0 Å². The van der Waals surface area contributed by atoms with Gasteiger partial charge in [0.15, 0.2) is 12.4 Å². The van der Waals surface area contributed by atoms with Gasteiger partial charge in [-0.05, 0) is 6.42 Å². The summed E-state index contributed by atoms with van der Waals surface area (Å²) >= 11 is 0. The number of ether oxygens (including phenoxy) is 1. The molecule has 0 amide bonds. The van der Waals surface area contributed by atoms with E-state index in [2.05, 4.69) is 15.1 Å². The van der Waals surface area contributed by atoms with E-state index in [4.69, 9.17) is 4.74 Å². The summed E-state index contributed by atoms with van der Waals surface area (Å²) in [5, 5.41) is 4.39. The molecule has 0 unspecified atom stereocenters. The van der Waals surface area contributed by atoms with Gasteiger partial charge in [0.25, 0.3) is 5.56 Å². The van der Waals surface area contributed by atoms with Crippen molar-refractivity contribution in [3.05, 3.63) is 22.9 Å². The average Bonchev–Trinajstić information content (AvgIpc) is 2.71. The lowest BCUT2D eigenvalue weighted by atomic mass is 10.3. The van der Waals surface area contributed by atoms with Crippen molar-refractivity contribution in [2.45, 2.75) is 26.5 Å². The fourth-order valence-electron chi connectivity index (χ4n) is 1.38. The second-order valence-electron chi connectivity index (χ2n) is 3.53. The minimum atomic E-state index is -0.283. The van der Waals surface area contributed by atoms with Crippen molar-refractivity contribution < 1.29 is 9.53 Å². The van der Waals surface area contributed by atoms with E-state index in [1.165, 1.54) is 17.2 Å². The smallest absolute Gasteiger partial charge is 0.307 e. The SMILES string of the molecule is CCCC(=O)OCn1cc2c(=O)[nH]cnc2n1. The Balaban J connectivity index is 2.12. The highest BCUT2D eigenvalue weighted by molar-refractivity contribution is 5.72. The molecule has 7 nitrogen and oxygen atoms in total. The lowest BCUT2D eigenvalue weighted by Crippen LogP contribution is -2.09. The van der Waals surface area contributed by atoms with E-state index in [1.807, 2.05) is 6.92 Å². The van der Waals surface area contributed by atoms with Crippen molar-refractivity contribution in [1.82, 2.24) is 19.7 Å². The van der Waals surface area contributed by atoms with Gasteiger partial charge in [-0.2, -0.15) is 0 Å². The number of nitrogens with one attached hydrogen (secondary N) is 1. The molecule has 2 heterocycles. The molecule has 17 heavy (non-hydrogen) atoms. The van der Waals surface area contributed by atoms with Gasteiger partial charge >= 0.3 is 5.97 Å². The van der Waals surface area contributed by atoms with Gasteiger partial charge < -0.3 is 9.72 Å². The minimum Gasteiger partial charge on any atom is -0.442 e. The van der Waals surface area contributed by atoms with Crippen LogP contribution in [0.15, 0.2) is 17.3 Å². The van der Waals surface area contributed by atoms with Crippen LogP contribution in [-0.2, 0) is 16.3 Å². The first kappa shape index (κ1) is 11.3. The Morgan fingerprint density at radius 2 is 2.41 bits per heavy atom. The summed E-state index contributed by atoms with van der Waals surface area (Å²) in [4.78, 5) is 28.9. The predicted octanol–water partition coefficient (Wildman–Crippen LogP) is 0.420. The zero-order valence-electron chi connectivity index (χ0n) is 9.34. The van der Waals surface area contributed by atoms with Gasteiger partial charge in [0.1, 0.15) is 5.39 Å². The summed E-state index contributed by atoms with van der Waals surface area (Å²) in [5.41, 5.74) is 0.0708. The highest BCUT2D eigenvalue weighted by Gasteiger charge is 2.06. The number of aromatic amines is 1. The Labute approximate surface area is 96.4 Å². The maximum Gasteiger partial charge on any atom is 0.307 e. The molecule has 2 rings (SSSR count). The van der Waals surface area contributed by atoms with Gasteiger partial charge in [-0.15, -0.1) is 5.10 Å². The van der Waals surface area contributed by atoms with Crippen LogP contribution >= 0.6 is 0 Å². The number of carbonyl (C=O) groups excluding carboxylic acids is 1. The molecule has 0 bridgehead atoms. The number of hydrogen-bond donors (Lipinski definition) is 1. The molecule has 0 aliphatic rings. The monoisotopic (exact) mass is 236 g/mol. The third-order valence-electron chi connectivity index (χ3n) is 2.18. The molecule has 2 aromatic heterocycles. The van der Waals surface area contributed by atoms with E-state index in [-0.39, 0.29) is 18.3 Å². The Morgan fingerprint density at radius 1 is 1.59 bits per heavy atom. The number of hydrogen-bond acceptors (Lipinski definition) is 5. The standard InChI is InChI=1S/C10H12N4O3/c1-2-3-8(15)17-6-14-4-7-9(13-14)11-5-12-10(7)16/h4-5H,2-3,6H2,1H3,(H,11,12,13,16). The van der Waals surface area contributed by atoms with Crippen LogP contribution in [0, 0.1) is 0 Å². The van der Waals surface area contributed by atoms with Gasteiger partial charge in [0.2, 0.25) is 0 Å². The van der Waals surface area contributed by atoms with Gasteiger partial charge in [-0.1, -0.05) is 6.92 Å². The van der Waals surface area contributed by atoms with Crippen molar-refractivity contribution in [3.63, 3.8) is 0 Å². The summed E-state index contributed by atoms with van der Waals surface area (Å²) in [7, 11) is 0. The number of nitrogens with zero attached hydrogens (tertiary/aromatic N) is 3. The highest BCUT2D eigenvalue weighted by atomic mass is 16.5. The molecule has 2 aromatic rings. The first-order valence-corrected chi connectivity index (χ1v) is 5.27. The van der Waals surface area contributed by atoms with Crippen LogP contribution < -0.4 is 5.56 Å². The minimum absolute atomic E-state index is 0.00532. The van der Waals surface area contributed by atoms with Crippen LogP contribution in [-0.4, -0.2) is 25.7 Å². The maximum absolute atomic E-state index is 11.4. The van der Waals surface area contributed by atoms with Crippen molar-refractivity contribution in [1.29, 1.82) is 0 Å². The van der Waals surface area contributed by atoms with Crippen molar-refractivity contribution in [3.8, 4) is 0 Å². The van der Waals surface area contributed by atoms with E-state index in [9.17, 15) is 9.59 Å². The van der Waals surface area contributed by atoms with Crippen LogP contribution in [0.1, 0.15) is 19.8 Å². The lowest BCUT2D eigenvalue weighted by Gasteiger charge is -2.02. The topological polar surface area (TPSA) is 89.9 Å². The number of rotatable bonds is 4. The fraction of sp³-hybridized carbons (Fsp3) is 0.400. The molecular formula is C10H12N4O3. The normalized spacial score (nSPS) is 10.6. The second kappa shape index (κ2) is 4.77. The summed E-state index contributed by atoms with van der Waals surface area (Å²) < 4.78 is 6.33. The van der Waals surface area contributed by atoms with Crippen molar-refractivity contribution >= 4 is 17.0 Å². The molecule has 0 saturated heterocycles. The van der Waals surface area contributed by atoms with Crippen LogP contribution in [0.25, 0.3) is 11.0 Å². The van der Waals surface area contributed by atoms with E-state index >= 15 is 0 Å². The highest BCUT2D eigenvalue weighted by Crippen LogP contribution is 2.02. The molecule has 0 fully saturated rings.